The number of guanidine groups is 1. The minimum absolute atomic E-state index is 0. The van der Waals surface area contributed by atoms with Crippen molar-refractivity contribution in [2.24, 2.45) is 5.73 Å². The van der Waals surface area contributed by atoms with Crippen molar-refractivity contribution in [2.45, 2.75) is 20.0 Å². The third kappa shape index (κ3) is 6.41. The molecule has 0 aliphatic carbocycles. The largest absolute Gasteiger partial charge is 0.492 e. The van der Waals surface area contributed by atoms with Gasteiger partial charge < -0.3 is 20.4 Å². The fourth-order valence-corrected chi connectivity index (χ4v) is 2.77. The van der Waals surface area contributed by atoms with Crippen molar-refractivity contribution in [1.29, 1.82) is 5.41 Å². The van der Waals surface area contributed by atoms with Crippen molar-refractivity contribution < 1.29 is 22.7 Å². The first kappa shape index (κ1) is 27.8. The maximum atomic E-state index is 13.5. The van der Waals surface area contributed by atoms with E-state index in [1.165, 1.54) is 13.1 Å². The van der Waals surface area contributed by atoms with Crippen LogP contribution in [-0.2, 0) is 6.18 Å². The van der Waals surface area contributed by atoms with Crippen LogP contribution in [0.5, 0.6) is 5.75 Å². The molecule has 0 aliphatic rings. The highest BCUT2D eigenvalue weighted by atomic mass is 35.5. The second-order valence-electron chi connectivity index (χ2n) is 6.24. The van der Waals surface area contributed by atoms with Crippen LogP contribution in [0, 0.1) is 5.41 Å². The number of aromatic amines is 1. The molecule has 1 amide bonds. The fraction of sp³-hybridized carbons (Fsp3) is 0.444. The third-order valence-electron chi connectivity index (χ3n) is 4.48. The monoisotopic (exact) mass is 471 g/mol. The third-order valence-corrected chi connectivity index (χ3v) is 4.48. The lowest BCUT2D eigenvalue weighted by Crippen LogP contribution is -2.38. The van der Waals surface area contributed by atoms with Crippen molar-refractivity contribution in [2.75, 3.05) is 33.3 Å². The Morgan fingerprint density at radius 3 is 2.30 bits per heavy atom. The molecule has 0 aliphatic heterocycles. The minimum atomic E-state index is -4.62. The molecule has 2 rings (SSSR count). The van der Waals surface area contributed by atoms with Gasteiger partial charge in [0.15, 0.2) is 5.96 Å². The molecule has 2 aromatic rings. The van der Waals surface area contributed by atoms with E-state index in [-0.39, 0.29) is 53.8 Å². The summed E-state index contributed by atoms with van der Waals surface area (Å²) in [5.41, 5.74) is 4.38. The van der Waals surface area contributed by atoms with Crippen LogP contribution in [0.4, 0.5) is 13.2 Å². The number of nitrogens with zero attached hydrogens (tertiary/aromatic N) is 2. The first-order valence-corrected chi connectivity index (χ1v) is 8.79. The van der Waals surface area contributed by atoms with Gasteiger partial charge in [0.1, 0.15) is 18.1 Å². The van der Waals surface area contributed by atoms with Gasteiger partial charge in [-0.1, -0.05) is 13.8 Å². The molecule has 170 valence electrons. The molecule has 0 unspecified atom stereocenters. The summed E-state index contributed by atoms with van der Waals surface area (Å²) in [6.07, 6.45) is -4.62. The lowest BCUT2D eigenvalue weighted by molar-refractivity contribution is -0.136. The molecular weight excluding hydrogens is 446 g/mol. The van der Waals surface area contributed by atoms with Gasteiger partial charge in [-0.15, -0.1) is 24.8 Å². The summed E-state index contributed by atoms with van der Waals surface area (Å²) in [6, 6.07) is 3.47. The Morgan fingerprint density at radius 1 is 1.20 bits per heavy atom. The van der Waals surface area contributed by atoms with Gasteiger partial charge in [-0.05, 0) is 25.2 Å². The number of nitrogens with one attached hydrogen (secondary N) is 2. The number of amides is 1. The molecule has 1 heterocycles. The predicted octanol–water partition coefficient (Wildman–Crippen LogP) is 3.72. The molecule has 4 N–H and O–H groups in total. The van der Waals surface area contributed by atoms with Gasteiger partial charge in [-0.2, -0.15) is 13.2 Å². The van der Waals surface area contributed by atoms with Crippen LogP contribution in [0.3, 0.4) is 0 Å². The highest BCUT2D eigenvalue weighted by Gasteiger charge is 2.34. The number of carbonyl (C=O) groups excluding carboxylic acids is 1. The van der Waals surface area contributed by atoms with E-state index < -0.39 is 23.6 Å². The molecule has 1 aromatic carbocycles. The van der Waals surface area contributed by atoms with Crippen LogP contribution in [0.2, 0.25) is 0 Å². The Kier molecular flexibility index (Phi) is 10.5. The zero-order valence-corrected chi connectivity index (χ0v) is 18.4. The molecule has 0 fully saturated rings. The Hall–Kier alpha value is -2.17. The van der Waals surface area contributed by atoms with Gasteiger partial charge in [0.25, 0.3) is 5.91 Å². The summed E-state index contributed by atoms with van der Waals surface area (Å²) < 4.78 is 46.1. The normalized spacial score (nSPS) is 11.0. The zero-order valence-electron chi connectivity index (χ0n) is 16.8. The molecule has 7 nitrogen and oxygen atoms in total. The van der Waals surface area contributed by atoms with E-state index in [1.54, 1.807) is 0 Å². The lowest BCUT2D eigenvalue weighted by Gasteiger charge is -2.18. The number of aromatic nitrogens is 1. The SMILES string of the molecule is CCN(CC)CCOc1cc(C(F)(F)F)c2cc(C(=O)N(C)C(=N)N)[nH]c2c1.Cl.Cl. The van der Waals surface area contributed by atoms with Crippen LogP contribution in [0.15, 0.2) is 18.2 Å². The fourth-order valence-electron chi connectivity index (χ4n) is 2.77. The van der Waals surface area contributed by atoms with Gasteiger partial charge in [-0.25, -0.2) is 0 Å². The smallest absolute Gasteiger partial charge is 0.417 e. The van der Waals surface area contributed by atoms with Gasteiger partial charge in [0.2, 0.25) is 0 Å². The quantitative estimate of drug-likeness (QED) is 0.423. The van der Waals surface area contributed by atoms with Crippen molar-refractivity contribution in [1.82, 2.24) is 14.8 Å². The maximum Gasteiger partial charge on any atom is 0.417 e. The van der Waals surface area contributed by atoms with Crippen molar-refractivity contribution in [3.05, 3.63) is 29.5 Å². The number of nitrogens with two attached hydrogens (primary N) is 1. The van der Waals surface area contributed by atoms with E-state index in [0.717, 1.165) is 30.1 Å². The first-order valence-electron chi connectivity index (χ1n) is 8.79. The maximum absolute atomic E-state index is 13.5. The molecule has 0 spiro atoms. The molecule has 12 heteroatoms. The standard InChI is InChI=1S/C18H24F3N5O2.2ClH/c1-4-26(5-2)6-7-28-11-8-13(18(19,20)21)12-10-15(24-14(12)9-11)16(27)25(3)17(22)23;;/h8-10,24H,4-7H2,1-3H3,(H3,22,23);2*1H. The van der Waals surface area contributed by atoms with Gasteiger partial charge in [0, 0.05) is 25.0 Å². The van der Waals surface area contributed by atoms with E-state index in [1.807, 2.05) is 13.8 Å². The van der Waals surface area contributed by atoms with Crippen LogP contribution >= 0.6 is 24.8 Å². The molecule has 0 saturated heterocycles. The molecule has 30 heavy (non-hydrogen) atoms. The average Bonchev–Trinajstić information content (AvgIpc) is 3.06. The van der Waals surface area contributed by atoms with E-state index in [9.17, 15) is 18.0 Å². The Balaban J connectivity index is 0.00000420. The number of benzene rings is 1. The number of hydrogen-bond acceptors (Lipinski definition) is 4. The Morgan fingerprint density at radius 2 is 1.80 bits per heavy atom. The Bertz CT molecular complexity index is 869. The lowest BCUT2D eigenvalue weighted by atomic mass is 10.1. The van der Waals surface area contributed by atoms with Crippen molar-refractivity contribution >= 4 is 47.6 Å². The molecule has 1 aromatic heterocycles. The van der Waals surface area contributed by atoms with E-state index in [4.69, 9.17) is 15.9 Å². The summed E-state index contributed by atoms with van der Waals surface area (Å²) in [6.45, 7) is 6.45. The van der Waals surface area contributed by atoms with Gasteiger partial charge in [-0.3, -0.25) is 15.1 Å². The second-order valence-corrected chi connectivity index (χ2v) is 6.24. The van der Waals surface area contributed by atoms with E-state index >= 15 is 0 Å². The van der Waals surface area contributed by atoms with Gasteiger partial charge in [0.05, 0.1) is 11.1 Å². The molecule has 0 radical (unpaired) electrons. The zero-order chi connectivity index (χ0) is 21.1. The molecule has 0 bridgehead atoms. The summed E-state index contributed by atoms with van der Waals surface area (Å²) >= 11 is 0. The van der Waals surface area contributed by atoms with Crippen LogP contribution in [-0.4, -0.2) is 59.9 Å². The number of H-pyrrole nitrogens is 1. The summed E-state index contributed by atoms with van der Waals surface area (Å²) in [7, 11) is 1.27. The number of likely N-dealkylation sites (N-methyl/N-ethyl adjacent to an activating group) is 1. The van der Waals surface area contributed by atoms with Crippen LogP contribution in [0.25, 0.3) is 10.9 Å². The summed E-state index contributed by atoms with van der Waals surface area (Å²) in [4.78, 5) is 17.9. The summed E-state index contributed by atoms with van der Waals surface area (Å²) in [5, 5.41) is 7.15. The van der Waals surface area contributed by atoms with Crippen molar-refractivity contribution in [3.63, 3.8) is 0 Å². The molecule has 0 atom stereocenters. The highest BCUT2D eigenvalue weighted by molar-refractivity contribution is 6.06. The summed E-state index contributed by atoms with van der Waals surface area (Å²) in [5.74, 6) is -1.16. The number of fused-ring (bicyclic) bond motifs is 1. The molecular formula is C18H26Cl2F3N5O2. The van der Waals surface area contributed by atoms with Crippen LogP contribution in [0.1, 0.15) is 29.9 Å². The Labute approximate surface area is 185 Å². The number of rotatable bonds is 7. The van der Waals surface area contributed by atoms with Gasteiger partial charge >= 0.3 is 6.18 Å². The van der Waals surface area contributed by atoms with E-state index in [2.05, 4.69) is 9.88 Å². The first-order chi connectivity index (χ1) is 13.1. The minimum Gasteiger partial charge on any atom is -0.492 e. The number of halogens is 5. The second kappa shape index (κ2) is 11.3. The number of hydrogen-bond donors (Lipinski definition) is 3. The van der Waals surface area contributed by atoms with Crippen molar-refractivity contribution in [3.8, 4) is 5.75 Å². The highest BCUT2D eigenvalue weighted by Crippen LogP contribution is 2.38. The number of carbonyl (C=O) groups is 1. The van der Waals surface area contributed by atoms with E-state index in [0.29, 0.717) is 6.54 Å². The topological polar surface area (TPSA) is 98.4 Å². The molecule has 0 saturated carbocycles. The predicted molar refractivity (Wildman–Crippen MR) is 115 cm³/mol. The number of ether oxygens (including phenoxy) is 1. The number of alkyl halides is 3. The van der Waals surface area contributed by atoms with Crippen LogP contribution < -0.4 is 10.5 Å². The average molecular weight is 472 g/mol.